The summed E-state index contributed by atoms with van der Waals surface area (Å²) in [4.78, 5) is 11.8. The van der Waals surface area contributed by atoms with Gasteiger partial charge in [0.15, 0.2) is 0 Å². The zero-order chi connectivity index (χ0) is 16.5. The van der Waals surface area contributed by atoms with Crippen LogP contribution in [0.4, 0.5) is 0 Å². The molecule has 9 heteroatoms. The minimum Gasteiger partial charge on any atom is -0.423 e. The van der Waals surface area contributed by atoms with E-state index in [0.717, 1.165) is 4.47 Å². The Bertz CT molecular complexity index is 811. The molecule has 0 heterocycles. The first-order valence-electron chi connectivity index (χ1n) is 5.63. The van der Waals surface area contributed by atoms with Crippen molar-refractivity contribution in [3.63, 3.8) is 0 Å². The number of hydrogen-bond acceptors (Lipinski definition) is 4. The zero-order valence-electron chi connectivity index (χ0n) is 10.6. The van der Waals surface area contributed by atoms with Crippen LogP contribution in [-0.2, 0) is 10.1 Å². The van der Waals surface area contributed by atoms with E-state index in [-0.39, 0.29) is 17.8 Å². The predicted octanol–water partition coefficient (Wildman–Crippen LogP) is 4.12. The molecule has 0 fully saturated rings. The third kappa shape index (κ3) is 4.40. The lowest BCUT2D eigenvalue weighted by Gasteiger charge is -2.09. The second-order valence-electron chi connectivity index (χ2n) is 4.09. The summed E-state index contributed by atoms with van der Waals surface area (Å²) in [6, 6.07) is 9.39. The summed E-state index contributed by atoms with van der Waals surface area (Å²) >= 11 is 6.79. The van der Waals surface area contributed by atoms with Gasteiger partial charge in [-0.25, -0.2) is 4.79 Å². The summed E-state index contributed by atoms with van der Waals surface area (Å²) < 4.78 is 38.4. The Balaban J connectivity index is 2.31. The van der Waals surface area contributed by atoms with Gasteiger partial charge < -0.3 is 4.74 Å². The van der Waals surface area contributed by atoms with Crippen LogP contribution in [0.2, 0.25) is 0 Å². The molecule has 5 nitrogen and oxygen atoms in total. The molecule has 0 aliphatic heterocycles. The number of hydrogen-bond donors (Lipinski definition) is 1. The van der Waals surface area contributed by atoms with Crippen molar-refractivity contribution in [1.82, 2.24) is 0 Å². The first-order valence-corrected chi connectivity index (χ1v) is 10.0. The van der Waals surface area contributed by atoms with E-state index in [2.05, 4.69) is 15.9 Å². The third-order valence-corrected chi connectivity index (χ3v) is 6.44. The highest BCUT2D eigenvalue weighted by Gasteiger charge is 2.20. The second-order valence-corrected chi connectivity index (χ2v) is 8.69. The summed E-state index contributed by atoms with van der Waals surface area (Å²) in [5.74, 6) is -0.354. The molecule has 0 aliphatic rings. The van der Waals surface area contributed by atoms with Gasteiger partial charge in [-0.2, -0.15) is 8.42 Å². The van der Waals surface area contributed by atoms with Crippen LogP contribution in [0.5, 0.6) is 5.75 Å². The van der Waals surface area contributed by atoms with E-state index in [1.54, 1.807) is 69.4 Å². The molecule has 2 aromatic rings. The van der Waals surface area contributed by atoms with Crippen molar-refractivity contribution in [2.45, 2.75) is 4.90 Å². The van der Waals surface area contributed by atoms with Crippen molar-refractivity contribution in [3.05, 3.63) is 53.6 Å². The average molecular weight is 609 g/mol. The van der Waals surface area contributed by atoms with Gasteiger partial charge in [-0.1, -0.05) is 15.9 Å². The highest BCUT2D eigenvalue weighted by Crippen LogP contribution is 2.29. The monoisotopic (exact) mass is 608 g/mol. The maximum Gasteiger partial charge on any atom is 0.343 e. The maximum atomic E-state index is 12.0. The summed E-state index contributed by atoms with van der Waals surface area (Å²) in [6.45, 7) is 0. The van der Waals surface area contributed by atoms with Crippen LogP contribution in [-0.4, -0.2) is 18.9 Å². The quantitative estimate of drug-likeness (QED) is 0.245. The Hall–Kier alpha value is -0.240. The van der Waals surface area contributed by atoms with Gasteiger partial charge >= 0.3 is 5.97 Å². The number of esters is 1. The fourth-order valence-corrected chi connectivity index (χ4v) is 5.85. The normalized spacial score (nSPS) is 11.3. The molecule has 2 rings (SSSR count). The van der Waals surface area contributed by atoms with Gasteiger partial charge in [0.2, 0.25) is 0 Å². The van der Waals surface area contributed by atoms with E-state index < -0.39 is 16.1 Å². The van der Waals surface area contributed by atoms with Crippen molar-refractivity contribution in [1.29, 1.82) is 0 Å². The molecule has 0 saturated heterocycles. The number of benzene rings is 2. The summed E-state index contributed by atoms with van der Waals surface area (Å²) in [6.07, 6.45) is 0. The third-order valence-electron chi connectivity index (χ3n) is 2.52. The molecule has 1 N–H and O–H groups in total. The Morgan fingerprint density at radius 2 is 1.59 bits per heavy atom. The molecule has 0 atom stereocenters. The largest absolute Gasteiger partial charge is 0.423 e. The Morgan fingerprint density at radius 3 is 2.05 bits per heavy atom. The average Bonchev–Trinajstić information content (AvgIpc) is 2.36. The van der Waals surface area contributed by atoms with Crippen molar-refractivity contribution < 1.29 is 22.5 Å². The highest BCUT2D eigenvalue weighted by atomic mass is 127. The van der Waals surface area contributed by atoms with Crippen LogP contribution in [0.25, 0.3) is 0 Å². The van der Waals surface area contributed by atoms with Crippen molar-refractivity contribution in [2.24, 2.45) is 0 Å². The number of ether oxygens (including phenoxy) is 1. The number of carbonyl (C=O) groups excluding carboxylic acids is 1. The SMILES string of the molecule is O=C(Oc1cc(I)c(S(=O)(=O)O)c(I)c1)c1ccc(Br)cc1. The highest BCUT2D eigenvalue weighted by molar-refractivity contribution is 14.1. The van der Waals surface area contributed by atoms with E-state index in [1.807, 2.05) is 0 Å². The van der Waals surface area contributed by atoms with Gasteiger partial charge in [0.25, 0.3) is 10.1 Å². The first-order chi connectivity index (χ1) is 10.2. The molecule has 22 heavy (non-hydrogen) atoms. The van der Waals surface area contributed by atoms with Crippen molar-refractivity contribution in [3.8, 4) is 5.75 Å². The molecule has 0 unspecified atom stereocenters. The van der Waals surface area contributed by atoms with E-state index in [0.29, 0.717) is 5.56 Å². The minimum atomic E-state index is -4.33. The van der Waals surface area contributed by atoms with Gasteiger partial charge in [-0.05, 0) is 81.6 Å². The molecule has 0 amide bonds. The number of carbonyl (C=O) groups is 1. The first kappa shape index (κ1) is 18.1. The Morgan fingerprint density at radius 1 is 1.09 bits per heavy atom. The topological polar surface area (TPSA) is 80.7 Å². The second kappa shape index (κ2) is 7.11. The smallest absolute Gasteiger partial charge is 0.343 e. The molecule has 0 aliphatic carbocycles. The predicted molar refractivity (Wildman–Crippen MR) is 101 cm³/mol. The lowest BCUT2D eigenvalue weighted by molar-refractivity contribution is 0.0734. The van der Waals surface area contributed by atoms with Crippen LogP contribution in [0, 0.1) is 7.14 Å². The molecule has 0 radical (unpaired) electrons. The lowest BCUT2D eigenvalue weighted by Crippen LogP contribution is -2.10. The van der Waals surface area contributed by atoms with E-state index in [1.165, 1.54) is 12.1 Å². The van der Waals surface area contributed by atoms with E-state index in [4.69, 9.17) is 4.74 Å². The lowest BCUT2D eigenvalue weighted by atomic mass is 10.2. The summed E-state index contributed by atoms with van der Waals surface area (Å²) in [5, 5.41) is 0. The minimum absolute atomic E-state index is 0.197. The standard InChI is InChI=1S/C13H7BrI2O5S/c14-8-3-1-7(2-4-8)13(17)21-9-5-10(15)12(11(16)6-9)22(18,19)20/h1-6H,(H,18,19,20). The van der Waals surface area contributed by atoms with Crippen LogP contribution >= 0.6 is 61.1 Å². The van der Waals surface area contributed by atoms with Crippen LogP contribution in [0.15, 0.2) is 45.8 Å². The van der Waals surface area contributed by atoms with E-state index in [9.17, 15) is 17.8 Å². The molecule has 0 saturated carbocycles. The fraction of sp³-hybridized carbons (Fsp3) is 0. The molecule has 116 valence electrons. The van der Waals surface area contributed by atoms with E-state index >= 15 is 0 Å². The van der Waals surface area contributed by atoms with Gasteiger partial charge in [0.05, 0.1) is 5.56 Å². The van der Waals surface area contributed by atoms with Gasteiger partial charge in [-0.3, -0.25) is 4.55 Å². The van der Waals surface area contributed by atoms with Crippen LogP contribution in [0.3, 0.4) is 0 Å². The Kier molecular flexibility index (Phi) is 5.85. The maximum absolute atomic E-state index is 12.0. The van der Waals surface area contributed by atoms with Crippen LogP contribution < -0.4 is 4.74 Å². The van der Waals surface area contributed by atoms with Crippen molar-refractivity contribution >= 4 is 77.2 Å². The molecule has 0 aromatic heterocycles. The molecular formula is C13H7BrI2O5S. The molecule has 0 bridgehead atoms. The fourth-order valence-electron chi connectivity index (χ4n) is 1.59. The number of rotatable bonds is 3. The molecule has 2 aromatic carbocycles. The van der Waals surface area contributed by atoms with Crippen LogP contribution in [0.1, 0.15) is 10.4 Å². The Labute approximate surface area is 162 Å². The van der Waals surface area contributed by atoms with Crippen molar-refractivity contribution in [2.75, 3.05) is 0 Å². The molecular weight excluding hydrogens is 602 g/mol. The zero-order valence-corrected chi connectivity index (χ0v) is 17.3. The summed E-state index contributed by atoms with van der Waals surface area (Å²) in [5.41, 5.74) is 0.368. The number of halogens is 3. The van der Waals surface area contributed by atoms with Gasteiger partial charge in [0.1, 0.15) is 10.6 Å². The summed E-state index contributed by atoms with van der Waals surface area (Å²) in [7, 11) is -4.33. The molecule has 0 spiro atoms. The van der Waals surface area contributed by atoms with Gasteiger partial charge in [-0.15, -0.1) is 0 Å². The van der Waals surface area contributed by atoms with Gasteiger partial charge in [0, 0.05) is 11.6 Å².